The van der Waals surface area contributed by atoms with Crippen LogP contribution < -0.4 is 10.2 Å². The molecular formula is C17H23N3O2. The monoisotopic (exact) mass is 301 g/mol. The zero-order valence-electron chi connectivity index (χ0n) is 13.2. The van der Waals surface area contributed by atoms with Gasteiger partial charge in [0.15, 0.2) is 0 Å². The van der Waals surface area contributed by atoms with Crippen LogP contribution in [-0.2, 0) is 9.59 Å². The SMILES string of the molecule is C[C@@H]1C[C@@H](C)CN(CC(=O)N2CC(=O)Nc3ccccc32)C1. The van der Waals surface area contributed by atoms with Crippen molar-refractivity contribution in [1.82, 2.24) is 4.90 Å². The first kappa shape index (κ1) is 15.0. The maximum atomic E-state index is 12.7. The number of anilines is 2. The van der Waals surface area contributed by atoms with Crippen LogP contribution in [0.5, 0.6) is 0 Å². The highest BCUT2D eigenvalue weighted by Crippen LogP contribution is 2.29. The lowest BCUT2D eigenvalue weighted by Crippen LogP contribution is -2.49. The molecule has 1 saturated heterocycles. The Morgan fingerprint density at radius 1 is 1.23 bits per heavy atom. The summed E-state index contributed by atoms with van der Waals surface area (Å²) in [4.78, 5) is 28.3. The van der Waals surface area contributed by atoms with Crippen LogP contribution in [0.4, 0.5) is 11.4 Å². The van der Waals surface area contributed by atoms with E-state index in [1.54, 1.807) is 4.90 Å². The Bertz CT molecular complexity index is 577. The van der Waals surface area contributed by atoms with Crippen LogP contribution in [0.15, 0.2) is 24.3 Å². The fourth-order valence-electron chi connectivity index (χ4n) is 3.65. The van der Waals surface area contributed by atoms with E-state index >= 15 is 0 Å². The van der Waals surface area contributed by atoms with E-state index in [4.69, 9.17) is 0 Å². The smallest absolute Gasteiger partial charge is 0.244 e. The number of carbonyl (C=O) groups is 2. The predicted octanol–water partition coefficient (Wildman–Crippen LogP) is 1.95. The summed E-state index contributed by atoms with van der Waals surface area (Å²) in [5, 5.41) is 2.82. The van der Waals surface area contributed by atoms with Crippen LogP contribution in [0.1, 0.15) is 20.3 Å². The molecule has 0 aliphatic carbocycles. The predicted molar refractivity (Wildman–Crippen MR) is 86.8 cm³/mol. The van der Waals surface area contributed by atoms with Crippen molar-refractivity contribution in [3.8, 4) is 0 Å². The van der Waals surface area contributed by atoms with Crippen LogP contribution in [0.25, 0.3) is 0 Å². The Kier molecular flexibility index (Phi) is 4.16. The topological polar surface area (TPSA) is 52.7 Å². The Hall–Kier alpha value is -1.88. The molecule has 0 bridgehead atoms. The molecule has 0 aromatic heterocycles. The van der Waals surface area contributed by atoms with E-state index in [1.165, 1.54) is 6.42 Å². The third-order valence-corrected chi connectivity index (χ3v) is 4.38. The maximum Gasteiger partial charge on any atom is 0.244 e. The molecular weight excluding hydrogens is 278 g/mol. The van der Waals surface area contributed by atoms with Gasteiger partial charge >= 0.3 is 0 Å². The minimum atomic E-state index is -0.132. The van der Waals surface area contributed by atoms with Crippen LogP contribution in [0, 0.1) is 11.8 Å². The summed E-state index contributed by atoms with van der Waals surface area (Å²) in [7, 11) is 0. The van der Waals surface area contributed by atoms with Crippen molar-refractivity contribution in [2.75, 3.05) is 36.4 Å². The van der Waals surface area contributed by atoms with Crippen molar-refractivity contribution in [1.29, 1.82) is 0 Å². The van der Waals surface area contributed by atoms with E-state index in [0.717, 1.165) is 18.8 Å². The van der Waals surface area contributed by atoms with Gasteiger partial charge in [-0.25, -0.2) is 0 Å². The molecule has 1 aromatic rings. The molecule has 2 aliphatic rings. The number of fused-ring (bicyclic) bond motifs is 1. The van der Waals surface area contributed by atoms with Gasteiger partial charge in [0.1, 0.15) is 6.54 Å². The van der Waals surface area contributed by atoms with Crippen LogP contribution in [-0.4, -0.2) is 42.9 Å². The molecule has 0 saturated carbocycles. The number of rotatable bonds is 2. The summed E-state index contributed by atoms with van der Waals surface area (Å²) < 4.78 is 0. The second-order valence-corrected chi connectivity index (χ2v) is 6.69. The number of piperidine rings is 1. The van der Waals surface area contributed by atoms with E-state index in [0.29, 0.717) is 24.1 Å². The van der Waals surface area contributed by atoms with Crippen molar-refractivity contribution in [3.63, 3.8) is 0 Å². The van der Waals surface area contributed by atoms with Crippen molar-refractivity contribution in [2.45, 2.75) is 20.3 Å². The molecule has 0 unspecified atom stereocenters. The number of carbonyl (C=O) groups excluding carboxylic acids is 2. The second-order valence-electron chi connectivity index (χ2n) is 6.69. The van der Waals surface area contributed by atoms with Crippen molar-refractivity contribution >= 4 is 23.2 Å². The van der Waals surface area contributed by atoms with Gasteiger partial charge < -0.3 is 5.32 Å². The summed E-state index contributed by atoms with van der Waals surface area (Å²) in [5.41, 5.74) is 1.51. The van der Waals surface area contributed by atoms with Gasteiger partial charge in [0.05, 0.1) is 17.9 Å². The van der Waals surface area contributed by atoms with Gasteiger partial charge in [0, 0.05) is 13.1 Å². The van der Waals surface area contributed by atoms with Gasteiger partial charge in [-0.2, -0.15) is 0 Å². The zero-order valence-corrected chi connectivity index (χ0v) is 13.2. The summed E-state index contributed by atoms with van der Waals surface area (Å²) in [6.07, 6.45) is 1.22. The number of nitrogens with zero attached hydrogens (tertiary/aromatic N) is 2. The number of hydrogen-bond acceptors (Lipinski definition) is 3. The minimum absolute atomic E-state index is 0.00333. The Morgan fingerprint density at radius 3 is 2.64 bits per heavy atom. The lowest BCUT2D eigenvalue weighted by Gasteiger charge is -2.36. The number of para-hydroxylation sites is 2. The molecule has 5 heteroatoms. The van der Waals surface area contributed by atoms with E-state index < -0.39 is 0 Å². The van der Waals surface area contributed by atoms with Gasteiger partial charge in [0.25, 0.3) is 0 Å². The lowest BCUT2D eigenvalue weighted by molar-refractivity contribution is -0.123. The number of benzene rings is 1. The Balaban J connectivity index is 1.74. The molecule has 118 valence electrons. The highest BCUT2D eigenvalue weighted by molar-refractivity contribution is 6.10. The lowest BCUT2D eigenvalue weighted by atomic mass is 9.92. The van der Waals surface area contributed by atoms with E-state index in [2.05, 4.69) is 24.1 Å². The van der Waals surface area contributed by atoms with Crippen LogP contribution >= 0.6 is 0 Å². The number of hydrogen-bond donors (Lipinski definition) is 1. The summed E-state index contributed by atoms with van der Waals surface area (Å²) >= 11 is 0. The van der Waals surface area contributed by atoms with Crippen LogP contribution in [0.3, 0.4) is 0 Å². The average Bonchev–Trinajstić information content (AvgIpc) is 2.45. The summed E-state index contributed by atoms with van der Waals surface area (Å²) in [6, 6.07) is 7.47. The average molecular weight is 301 g/mol. The molecule has 1 aromatic carbocycles. The molecule has 1 N–H and O–H groups in total. The highest BCUT2D eigenvalue weighted by atomic mass is 16.2. The standard InChI is InChI=1S/C17H23N3O2/c1-12-7-13(2)9-19(8-12)11-17(22)20-10-16(21)18-14-5-3-4-6-15(14)20/h3-6,12-13H,7-11H2,1-2H3,(H,18,21)/t12-,13-/m1/s1. The van der Waals surface area contributed by atoms with Gasteiger partial charge in [-0.1, -0.05) is 26.0 Å². The van der Waals surface area contributed by atoms with Gasteiger partial charge in [-0.05, 0) is 30.4 Å². The highest BCUT2D eigenvalue weighted by Gasteiger charge is 2.29. The molecule has 5 nitrogen and oxygen atoms in total. The van der Waals surface area contributed by atoms with Crippen molar-refractivity contribution < 1.29 is 9.59 Å². The largest absolute Gasteiger partial charge is 0.323 e. The minimum Gasteiger partial charge on any atom is -0.323 e. The normalized spacial score (nSPS) is 25.5. The Labute approximate surface area is 131 Å². The van der Waals surface area contributed by atoms with E-state index in [9.17, 15) is 9.59 Å². The maximum absolute atomic E-state index is 12.7. The molecule has 1 fully saturated rings. The quantitative estimate of drug-likeness (QED) is 0.908. The molecule has 2 atom stereocenters. The zero-order chi connectivity index (χ0) is 15.7. The Morgan fingerprint density at radius 2 is 1.91 bits per heavy atom. The second kappa shape index (κ2) is 6.08. The molecule has 3 rings (SSSR count). The fraction of sp³-hybridized carbons (Fsp3) is 0.529. The third-order valence-electron chi connectivity index (χ3n) is 4.38. The third kappa shape index (κ3) is 3.14. The number of likely N-dealkylation sites (tertiary alicyclic amines) is 1. The van der Waals surface area contributed by atoms with Crippen molar-refractivity contribution in [3.05, 3.63) is 24.3 Å². The van der Waals surface area contributed by atoms with E-state index in [-0.39, 0.29) is 18.4 Å². The summed E-state index contributed by atoms with van der Waals surface area (Å²) in [5.74, 6) is 1.11. The fourth-order valence-corrected chi connectivity index (χ4v) is 3.65. The first-order chi connectivity index (χ1) is 10.5. The van der Waals surface area contributed by atoms with Gasteiger partial charge in [-0.15, -0.1) is 0 Å². The van der Waals surface area contributed by atoms with E-state index in [1.807, 2.05) is 24.3 Å². The molecule has 0 radical (unpaired) electrons. The molecule has 2 aliphatic heterocycles. The van der Waals surface area contributed by atoms with Gasteiger partial charge in [0.2, 0.25) is 11.8 Å². The number of amides is 2. The van der Waals surface area contributed by atoms with Crippen LogP contribution in [0.2, 0.25) is 0 Å². The molecule has 2 amide bonds. The first-order valence-electron chi connectivity index (χ1n) is 7.94. The summed E-state index contributed by atoms with van der Waals surface area (Å²) in [6.45, 7) is 6.87. The molecule has 2 heterocycles. The molecule has 22 heavy (non-hydrogen) atoms. The van der Waals surface area contributed by atoms with Gasteiger partial charge in [-0.3, -0.25) is 19.4 Å². The van der Waals surface area contributed by atoms with Crippen molar-refractivity contribution in [2.24, 2.45) is 11.8 Å². The molecule has 0 spiro atoms. The first-order valence-corrected chi connectivity index (χ1v) is 7.94. The number of nitrogens with one attached hydrogen (secondary N) is 1.